The molecule has 0 amide bonds. The number of carbonyl (C=O) groups excluding carboxylic acids is 1. The molecule has 0 saturated carbocycles. The number of carbonyl (C=O) groups is 1. The van der Waals surface area contributed by atoms with Gasteiger partial charge in [-0.15, -0.1) is 0 Å². The predicted molar refractivity (Wildman–Crippen MR) is 36.9 cm³/mol. The molecular weight excluding hydrogens is 329 g/mol. The van der Waals surface area contributed by atoms with Gasteiger partial charge in [0.05, 0.1) is 0 Å². The van der Waals surface area contributed by atoms with Gasteiger partial charge in [-0.05, 0) is 0 Å². The fourth-order valence-electron chi connectivity index (χ4n) is 0.671. The van der Waals surface area contributed by atoms with E-state index in [9.17, 15) is 4.79 Å². The number of benzene rings is 1. The monoisotopic (exact) mass is 337 g/mol. The van der Waals surface area contributed by atoms with Crippen molar-refractivity contribution < 1.29 is 35.7 Å². The fourth-order valence-corrected chi connectivity index (χ4v) is 1.07. The Morgan fingerprint density at radius 1 is 1.36 bits per heavy atom. The summed E-state index contributed by atoms with van der Waals surface area (Å²) in [4.78, 5) is 10.8. The number of rotatable bonds is 2. The molecule has 53 valence electrons. The van der Waals surface area contributed by atoms with Gasteiger partial charge >= 0.3 is 81.6 Å². The zero-order valence-corrected chi connectivity index (χ0v) is 11.6. The van der Waals surface area contributed by atoms with E-state index < -0.39 is 0 Å². The van der Waals surface area contributed by atoms with Crippen LogP contribution < -0.4 is 4.74 Å². The SMILES string of the molecule is O=C([CH2][Hg])Oc1ccccc1. The maximum atomic E-state index is 10.8. The first kappa shape index (κ1) is 8.72. The standard InChI is InChI=1S/C8H7O2.Hg/c1-7(9)10-8-5-3-2-4-6-8;/h2-6H,1H2;. The molecule has 0 atom stereocenters. The second kappa shape index (κ2) is 4.49. The molecule has 0 saturated heterocycles. The molecule has 0 N–H and O–H groups in total. The maximum absolute atomic E-state index is 10.8. The molecule has 2 nitrogen and oxygen atoms in total. The van der Waals surface area contributed by atoms with Crippen molar-refractivity contribution in [3.63, 3.8) is 0 Å². The second-order valence-electron chi connectivity index (χ2n) is 2.04. The molecule has 0 radical (unpaired) electrons. The van der Waals surface area contributed by atoms with Crippen molar-refractivity contribution in [2.45, 2.75) is 3.93 Å². The summed E-state index contributed by atoms with van der Waals surface area (Å²) in [5, 5.41) is 0. The zero-order chi connectivity index (χ0) is 8.10. The van der Waals surface area contributed by atoms with Gasteiger partial charge in [-0.25, -0.2) is 0 Å². The van der Waals surface area contributed by atoms with Crippen molar-refractivity contribution in [1.29, 1.82) is 0 Å². The van der Waals surface area contributed by atoms with Crippen LogP contribution in [0.2, 0.25) is 3.93 Å². The van der Waals surface area contributed by atoms with Gasteiger partial charge in [-0.2, -0.15) is 0 Å². The van der Waals surface area contributed by atoms with Crippen LogP contribution in [0.15, 0.2) is 30.3 Å². The summed E-state index contributed by atoms with van der Waals surface area (Å²) in [6.07, 6.45) is 0. The number of hydrogen-bond acceptors (Lipinski definition) is 2. The molecule has 0 spiro atoms. The van der Waals surface area contributed by atoms with E-state index in [1.807, 2.05) is 18.2 Å². The van der Waals surface area contributed by atoms with Gasteiger partial charge in [0, 0.05) is 0 Å². The molecule has 0 fully saturated rings. The van der Waals surface area contributed by atoms with Crippen molar-refractivity contribution in [3.8, 4) is 5.75 Å². The number of ether oxygens (including phenoxy) is 1. The Bertz CT molecular complexity index is 233. The van der Waals surface area contributed by atoms with E-state index in [4.69, 9.17) is 4.74 Å². The van der Waals surface area contributed by atoms with E-state index in [-0.39, 0.29) is 5.97 Å². The van der Waals surface area contributed by atoms with Crippen LogP contribution in [0, 0.1) is 0 Å². The van der Waals surface area contributed by atoms with Crippen LogP contribution in [0.25, 0.3) is 0 Å². The van der Waals surface area contributed by atoms with E-state index in [0.717, 1.165) is 0 Å². The molecule has 0 aromatic heterocycles. The normalized spacial score (nSPS) is 9.27. The zero-order valence-electron chi connectivity index (χ0n) is 6.12. The van der Waals surface area contributed by atoms with Crippen molar-refractivity contribution in [2.75, 3.05) is 0 Å². The molecular formula is C8H7HgO2. The molecule has 11 heavy (non-hydrogen) atoms. The first-order valence-corrected chi connectivity index (χ1v) is 7.26. The first-order chi connectivity index (χ1) is 5.33. The molecule has 0 aliphatic heterocycles. The van der Waals surface area contributed by atoms with E-state index in [1.165, 1.54) is 0 Å². The van der Waals surface area contributed by atoms with Gasteiger partial charge in [0.25, 0.3) is 0 Å². The van der Waals surface area contributed by atoms with Gasteiger partial charge in [-0.3, -0.25) is 0 Å². The molecule has 3 heteroatoms. The molecule has 0 bridgehead atoms. The van der Waals surface area contributed by atoms with Crippen LogP contribution in [-0.2, 0) is 30.9 Å². The summed E-state index contributed by atoms with van der Waals surface area (Å²) in [6, 6.07) is 9.14. The molecule has 0 aliphatic rings. The summed E-state index contributed by atoms with van der Waals surface area (Å²) in [5.41, 5.74) is 0. The molecule has 1 aromatic rings. The van der Waals surface area contributed by atoms with Crippen molar-refractivity contribution in [2.24, 2.45) is 0 Å². The Morgan fingerprint density at radius 3 is 2.55 bits per heavy atom. The third kappa shape index (κ3) is 3.01. The van der Waals surface area contributed by atoms with Crippen LogP contribution >= 0.6 is 0 Å². The Hall–Kier alpha value is -0.375. The van der Waals surface area contributed by atoms with Crippen LogP contribution in [0.3, 0.4) is 0 Å². The average molecular weight is 336 g/mol. The van der Waals surface area contributed by atoms with Gasteiger partial charge in [0.15, 0.2) is 0 Å². The van der Waals surface area contributed by atoms with E-state index in [0.29, 0.717) is 35.8 Å². The third-order valence-corrected chi connectivity index (χ3v) is 2.77. The predicted octanol–water partition coefficient (Wildman–Crippen LogP) is 1.56. The average Bonchev–Trinajstić information content (AvgIpc) is 2.06. The molecule has 0 unspecified atom stereocenters. The summed E-state index contributed by atoms with van der Waals surface area (Å²) in [6.45, 7) is 0. The molecule has 0 heterocycles. The second-order valence-corrected chi connectivity index (χ2v) is 3.98. The van der Waals surface area contributed by atoms with Gasteiger partial charge < -0.3 is 0 Å². The molecule has 1 rings (SSSR count). The first-order valence-electron chi connectivity index (χ1n) is 3.38. The van der Waals surface area contributed by atoms with Gasteiger partial charge in [0.1, 0.15) is 0 Å². The van der Waals surface area contributed by atoms with Gasteiger partial charge in [0.2, 0.25) is 0 Å². The summed E-state index contributed by atoms with van der Waals surface area (Å²) in [5.74, 6) is 0.530. The van der Waals surface area contributed by atoms with Crippen molar-refractivity contribution in [3.05, 3.63) is 30.3 Å². The summed E-state index contributed by atoms with van der Waals surface area (Å²) in [7, 11) is 0. The van der Waals surface area contributed by atoms with Crippen molar-refractivity contribution in [1.82, 2.24) is 0 Å². The summed E-state index contributed by atoms with van der Waals surface area (Å²) >= 11 is 0.495. The number of esters is 1. The third-order valence-electron chi connectivity index (χ3n) is 1.18. The Labute approximate surface area is 81.5 Å². The quantitative estimate of drug-likeness (QED) is 0.466. The van der Waals surface area contributed by atoms with E-state index in [2.05, 4.69) is 0 Å². The molecule has 1 aromatic carbocycles. The molecule has 0 aliphatic carbocycles. The summed E-state index contributed by atoms with van der Waals surface area (Å²) < 4.78 is 5.58. The Kier molecular flexibility index (Phi) is 3.56. The van der Waals surface area contributed by atoms with Crippen LogP contribution in [0.1, 0.15) is 0 Å². The number of para-hydroxylation sites is 1. The Morgan fingerprint density at radius 2 is 2.00 bits per heavy atom. The minimum atomic E-state index is -0.112. The van der Waals surface area contributed by atoms with E-state index in [1.54, 1.807) is 12.1 Å². The van der Waals surface area contributed by atoms with Crippen LogP contribution in [0.4, 0.5) is 0 Å². The van der Waals surface area contributed by atoms with Crippen molar-refractivity contribution >= 4 is 5.97 Å². The van der Waals surface area contributed by atoms with Crippen LogP contribution in [-0.4, -0.2) is 5.97 Å². The fraction of sp³-hybridized carbons (Fsp3) is 0.125. The number of hydrogen-bond donors (Lipinski definition) is 0. The topological polar surface area (TPSA) is 26.3 Å². The minimum absolute atomic E-state index is 0.112. The Balaban J connectivity index is 2.58. The van der Waals surface area contributed by atoms with Crippen LogP contribution in [0.5, 0.6) is 5.75 Å². The van der Waals surface area contributed by atoms with E-state index >= 15 is 0 Å². The van der Waals surface area contributed by atoms with Gasteiger partial charge in [-0.1, -0.05) is 0 Å².